The van der Waals surface area contributed by atoms with Gasteiger partial charge < -0.3 is 10.1 Å². The quantitative estimate of drug-likeness (QED) is 0.354. The van der Waals surface area contributed by atoms with Crippen LogP contribution < -0.4 is 10.5 Å². The molecule has 0 aliphatic carbocycles. The molecule has 0 spiro atoms. The van der Waals surface area contributed by atoms with Crippen LogP contribution in [0.5, 0.6) is 0 Å². The predicted octanol–water partition coefficient (Wildman–Crippen LogP) is 2.05. The molecule has 0 saturated carbocycles. The summed E-state index contributed by atoms with van der Waals surface area (Å²) < 4.78 is 29.3. The minimum atomic E-state index is -3.74. The Balaban J connectivity index is 1.46. The summed E-state index contributed by atoms with van der Waals surface area (Å²) in [7, 11) is -3.74. The number of benzene rings is 2. The lowest BCUT2D eigenvalue weighted by Gasteiger charge is -2.06. The molecule has 1 amide bonds. The molecule has 0 bridgehead atoms. The third-order valence-corrected chi connectivity index (χ3v) is 6.00. The molecule has 10 heteroatoms. The maximum absolute atomic E-state index is 12.1. The molecule has 0 aliphatic rings. The zero-order valence-corrected chi connectivity index (χ0v) is 19.7. The van der Waals surface area contributed by atoms with Crippen LogP contribution in [0.3, 0.4) is 0 Å². The molecular weight excluding hydrogens is 456 g/mol. The fourth-order valence-corrected chi connectivity index (χ4v) is 3.81. The van der Waals surface area contributed by atoms with Gasteiger partial charge in [-0.2, -0.15) is 5.10 Å². The molecule has 1 heterocycles. The molecule has 1 aromatic heterocycles. The fraction of sp³-hybridized carbons (Fsp3) is 0.208. The molecule has 9 nitrogen and oxygen atoms in total. The highest BCUT2D eigenvalue weighted by Crippen LogP contribution is 2.19. The SMILES string of the molecule is Cc1nn(-c2ccccc2)c(C)c1C=CC(=O)OCC(=O)NCCc1ccc(S(N)(=O)=O)cc1. The molecule has 178 valence electrons. The predicted molar refractivity (Wildman–Crippen MR) is 128 cm³/mol. The minimum Gasteiger partial charge on any atom is -0.452 e. The number of esters is 1. The maximum atomic E-state index is 12.1. The van der Waals surface area contributed by atoms with Gasteiger partial charge in [0.25, 0.3) is 5.91 Å². The molecule has 3 rings (SSSR count). The molecule has 3 aromatic rings. The first-order chi connectivity index (χ1) is 16.1. The number of sulfonamides is 1. The monoisotopic (exact) mass is 482 g/mol. The van der Waals surface area contributed by atoms with Crippen molar-refractivity contribution in [3.05, 3.63) is 83.2 Å². The average molecular weight is 483 g/mol. The molecule has 0 fully saturated rings. The lowest BCUT2D eigenvalue weighted by molar-refractivity contribution is -0.143. The zero-order valence-electron chi connectivity index (χ0n) is 18.9. The van der Waals surface area contributed by atoms with E-state index in [0.29, 0.717) is 13.0 Å². The number of hydrogen-bond acceptors (Lipinski definition) is 6. The van der Waals surface area contributed by atoms with Gasteiger partial charge in [-0.1, -0.05) is 30.3 Å². The number of aromatic nitrogens is 2. The van der Waals surface area contributed by atoms with E-state index < -0.39 is 28.5 Å². The summed E-state index contributed by atoms with van der Waals surface area (Å²) in [5.74, 6) is -1.08. The van der Waals surface area contributed by atoms with Gasteiger partial charge in [0.1, 0.15) is 0 Å². The number of carbonyl (C=O) groups is 2. The van der Waals surface area contributed by atoms with E-state index in [1.165, 1.54) is 18.2 Å². The Labute approximate surface area is 198 Å². The Kier molecular flexibility index (Phi) is 7.98. The Morgan fingerprint density at radius 2 is 1.76 bits per heavy atom. The van der Waals surface area contributed by atoms with Crippen molar-refractivity contribution in [2.24, 2.45) is 5.14 Å². The number of amides is 1. The van der Waals surface area contributed by atoms with Gasteiger partial charge in [-0.3, -0.25) is 4.79 Å². The first kappa shape index (κ1) is 24.9. The van der Waals surface area contributed by atoms with Gasteiger partial charge >= 0.3 is 5.97 Å². The van der Waals surface area contributed by atoms with Crippen LogP contribution in [-0.2, 0) is 30.8 Å². The van der Waals surface area contributed by atoms with Crippen LogP contribution >= 0.6 is 0 Å². The van der Waals surface area contributed by atoms with Gasteiger partial charge in [-0.15, -0.1) is 0 Å². The van der Waals surface area contributed by atoms with E-state index in [0.717, 1.165) is 28.2 Å². The first-order valence-electron chi connectivity index (χ1n) is 10.5. The van der Waals surface area contributed by atoms with Crippen LogP contribution in [0.4, 0.5) is 0 Å². The van der Waals surface area contributed by atoms with E-state index in [-0.39, 0.29) is 4.90 Å². The maximum Gasteiger partial charge on any atom is 0.331 e. The lowest BCUT2D eigenvalue weighted by Crippen LogP contribution is -2.30. The van der Waals surface area contributed by atoms with Crippen LogP contribution in [-0.4, -0.2) is 43.2 Å². The van der Waals surface area contributed by atoms with Gasteiger partial charge in [-0.05, 0) is 56.2 Å². The number of carbonyl (C=O) groups excluding carboxylic acids is 2. The summed E-state index contributed by atoms with van der Waals surface area (Å²) in [5, 5.41) is 12.2. The molecule has 34 heavy (non-hydrogen) atoms. The molecule has 0 atom stereocenters. The van der Waals surface area contributed by atoms with E-state index in [1.54, 1.807) is 22.9 Å². The highest BCUT2D eigenvalue weighted by molar-refractivity contribution is 7.89. The highest BCUT2D eigenvalue weighted by atomic mass is 32.2. The van der Waals surface area contributed by atoms with E-state index in [9.17, 15) is 18.0 Å². The van der Waals surface area contributed by atoms with E-state index >= 15 is 0 Å². The molecule has 0 unspecified atom stereocenters. The molecule has 0 saturated heterocycles. The number of aryl methyl sites for hydroxylation is 1. The number of nitrogens with two attached hydrogens (primary N) is 1. The van der Waals surface area contributed by atoms with Crippen molar-refractivity contribution in [2.45, 2.75) is 25.2 Å². The average Bonchev–Trinajstić information content (AvgIpc) is 3.10. The Hall–Kier alpha value is -3.76. The van der Waals surface area contributed by atoms with E-state index in [1.807, 2.05) is 44.2 Å². The summed E-state index contributed by atoms with van der Waals surface area (Å²) in [4.78, 5) is 24.0. The van der Waals surface area contributed by atoms with Crippen molar-refractivity contribution in [2.75, 3.05) is 13.2 Å². The van der Waals surface area contributed by atoms with Gasteiger partial charge in [0.15, 0.2) is 6.61 Å². The van der Waals surface area contributed by atoms with E-state index in [2.05, 4.69) is 10.4 Å². The van der Waals surface area contributed by atoms with Gasteiger partial charge in [0, 0.05) is 23.9 Å². The van der Waals surface area contributed by atoms with Crippen molar-refractivity contribution >= 4 is 28.0 Å². The number of ether oxygens (including phenoxy) is 1. The molecule has 0 aliphatic heterocycles. The summed E-state index contributed by atoms with van der Waals surface area (Å²) in [5.41, 5.74) is 4.19. The zero-order chi connectivity index (χ0) is 24.7. The number of rotatable bonds is 9. The van der Waals surface area contributed by atoms with Crippen molar-refractivity contribution in [1.29, 1.82) is 0 Å². The second-order valence-electron chi connectivity index (χ2n) is 7.56. The number of nitrogens with zero attached hydrogens (tertiary/aromatic N) is 2. The molecule has 0 radical (unpaired) electrons. The molecule has 2 aromatic carbocycles. The third-order valence-electron chi connectivity index (χ3n) is 5.07. The van der Waals surface area contributed by atoms with Crippen LogP contribution in [0.1, 0.15) is 22.5 Å². The lowest BCUT2D eigenvalue weighted by atomic mass is 10.1. The Bertz CT molecular complexity index is 1300. The van der Waals surface area contributed by atoms with Crippen LogP contribution in [0.25, 0.3) is 11.8 Å². The van der Waals surface area contributed by atoms with Crippen LogP contribution in [0.2, 0.25) is 0 Å². The number of para-hydroxylation sites is 1. The smallest absolute Gasteiger partial charge is 0.331 e. The summed E-state index contributed by atoms with van der Waals surface area (Å²) in [6.07, 6.45) is 3.38. The number of hydrogen-bond donors (Lipinski definition) is 2. The van der Waals surface area contributed by atoms with E-state index in [4.69, 9.17) is 9.88 Å². The summed E-state index contributed by atoms with van der Waals surface area (Å²) >= 11 is 0. The largest absolute Gasteiger partial charge is 0.452 e. The van der Waals surface area contributed by atoms with Crippen molar-refractivity contribution in [3.63, 3.8) is 0 Å². The fourth-order valence-electron chi connectivity index (χ4n) is 3.30. The van der Waals surface area contributed by atoms with Crippen molar-refractivity contribution < 1.29 is 22.7 Å². The second-order valence-corrected chi connectivity index (χ2v) is 9.12. The van der Waals surface area contributed by atoms with Crippen LogP contribution in [0, 0.1) is 13.8 Å². The Morgan fingerprint density at radius 1 is 1.09 bits per heavy atom. The van der Waals surface area contributed by atoms with Gasteiger partial charge in [0.2, 0.25) is 10.0 Å². The normalized spacial score (nSPS) is 11.5. The van der Waals surface area contributed by atoms with Crippen molar-refractivity contribution in [3.8, 4) is 5.69 Å². The summed E-state index contributed by atoms with van der Waals surface area (Å²) in [6, 6.07) is 15.7. The minimum absolute atomic E-state index is 0.0260. The first-order valence-corrected chi connectivity index (χ1v) is 12.0. The van der Waals surface area contributed by atoms with Crippen LogP contribution in [0.15, 0.2) is 65.6 Å². The summed E-state index contributed by atoms with van der Waals surface area (Å²) in [6.45, 7) is 3.66. The topological polar surface area (TPSA) is 133 Å². The van der Waals surface area contributed by atoms with Gasteiger partial charge in [-0.25, -0.2) is 23.0 Å². The Morgan fingerprint density at radius 3 is 2.41 bits per heavy atom. The number of primary sulfonamides is 1. The number of nitrogens with one attached hydrogen (secondary N) is 1. The van der Waals surface area contributed by atoms with Crippen molar-refractivity contribution in [1.82, 2.24) is 15.1 Å². The third kappa shape index (κ3) is 6.63. The highest BCUT2D eigenvalue weighted by Gasteiger charge is 2.12. The molecular formula is C24H26N4O5S. The molecule has 3 N–H and O–H groups in total. The standard InChI is InChI=1S/C24H26N4O5S/c1-17-22(18(2)28(27-17)20-6-4-3-5-7-20)12-13-24(30)33-16-23(29)26-15-14-19-8-10-21(11-9-19)34(25,31)32/h3-13H,14-16H2,1-2H3,(H,26,29)(H2,25,31,32). The van der Waals surface area contributed by atoms with Gasteiger partial charge in [0.05, 0.1) is 16.3 Å². The second kappa shape index (κ2) is 10.9.